The van der Waals surface area contributed by atoms with E-state index in [-0.39, 0.29) is 23.5 Å². The number of aliphatic hydroxyl groups is 1. The summed E-state index contributed by atoms with van der Waals surface area (Å²) in [5.41, 5.74) is -0.583. The van der Waals surface area contributed by atoms with Crippen LogP contribution in [-0.2, 0) is 19.9 Å². The minimum Gasteiger partial charge on any atom is -0.505 e. The molecular weight excluding hydrogens is 310 g/mol. The summed E-state index contributed by atoms with van der Waals surface area (Å²) in [5.74, 6) is -3.29. The molecule has 1 atom stereocenters. The van der Waals surface area contributed by atoms with Gasteiger partial charge in [0.1, 0.15) is 11.1 Å². The first-order valence-electron chi connectivity index (χ1n) is 8.31. The van der Waals surface area contributed by atoms with E-state index in [1.54, 1.807) is 22.9 Å². The number of rotatable bonds is 4. The second-order valence-corrected chi connectivity index (χ2v) is 6.77. The standard InChI is InChI=1S/C18H21NO5/c1-11(17(23)24)10-13(20)14-15(21)12-6-5-9-19(12)18(16(14)22)7-3-2-4-8-18/h5-6,9,11,21H,2-4,7-8,10H2,1H3,(H,23,24)/t11-/m1/s1. The maximum atomic E-state index is 13.2. The summed E-state index contributed by atoms with van der Waals surface area (Å²) in [6.45, 7) is 1.42. The molecule has 24 heavy (non-hydrogen) atoms. The highest BCUT2D eigenvalue weighted by molar-refractivity contribution is 6.27. The third-order valence-corrected chi connectivity index (χ3v) is 5.21. The molecule has 0 bridgehead atoms. The highest BCUT2D eigenvalue weighted by Crippen LogP contribution is 2.44. The first kappa shape index (κ1) is 16.5. The number of aliphatic carboxylic acids is 1. The van der Waals surface area contributed by atoms with Crippen molar-refractivity contribution in [3.63, 3.8) is 0 Å². The number of carbonyl (C=O) groups excluding carboxylic acids is 2. The minimum absolute atomic E-state index is 0.226. The van der Waals surface area contributed by atoms with Gasteiger partial charge in [0.25, 0.3) is 0 Å². The van der Waals surface area contributed by atoms with Gasteiger partial charge in [-0.25, -0.2) is 0 Å². The van der Waals surface area contributed by atoms with Crippen molar-refractivity contribution in [2.24, 2.45) is 5.92 Å². The number of hydrogen-bond acceptors (Lipinski definition) is 4. The summed E-state index contributed by atoms with van der Waals surface area (Å²) in [7, 11) is 0. The van der Waals surface area contributed by atoms with Crippen LogP contribution in [0.25, 0.3) is 5.76 Å². The fourth-order valence-corrected chi connectivity index (χ4v) is 3.86. The molecule has 2 heterocycles. The quantitative estimate of drug-likeness (QED) is 0.827. The second-order valence-electron chi connectivity index (χ2n) is 6.77. The molecule has 0 unspecified atom stereocenters. The van der Waals surface area contributed by atoms with Crippen molar-refractivity contribution in [1.29, 1.82) is 0 Å². The largest absolute Gasteiger partial charge is 0.505 e. The number of aliphatic hydroxyl groups excluding tert-OH is 1. The van der Waals surface area contributed by atoms with Gasteiger partial charge in [0.05, 0.1) is 11.6 Å². The van der Waals surface area contributed by atoms with Crippen molar-refractivity contribution < 1.29 is 24.6 Å². The molecule has 1 saturated carbocycles. The molecule has 0 aromatic carbocycles. The molecule has 1 spiro atoms. The SMILES string of the molecule is C[C@H](CC(=O)C1=C(O)c2cccn2C2(CCCCC2)C1=O)C(=O)O. The molecule has 1 aliphatic carbocycles. The van der Waals surface area contributed by atoms with Crippen LogP contribution in [0, 0.1) is 5.92 Å². The number of aromatic nitrogens is 1. The first-order chi connectivity index (χ1) is 11.4. The lowest BCUT2D eigenvalue weighted by atomic mass is 9.72. The molecule has 6 nitrogen and oxygen atoms in total. The summed E-state index contributed by atoms with van der Waals surface area (Å²) in [4.78, 5) is 36.8. The number of fused-ring (bicyclic) bond motifs is 2. The summed E-state index contributed by atoms with van der Waals surface area (Å²) in [5, 5.41) is 19.5. The maximum absolute atomic E-state index is 13.2. The first-order valence-corrected chi connectivity index (χ1v) is 8.31. The van der Waals surface area contributed by atoms with Crippen LogP contribution in [0.15, 0.2) is 23.9 Å². The van der Waals surface area contributed by atoms with Crippen molar-refractivity contribution in [3.8, 4) is 0 Å². The van der Waals surface area contributed by atoms with Gasteiger partial charge in [0.15, 0.2) is 17.3 Å². The zero-order valence-corrected chi connectivity index (χ0v) is 13.6. The van der Waals surface area contributed by atoms with Gasteiger partial charge >= 0.3 is 5.97 Å². The lowest BCUT2D eigenvalue weighted by Crippen LogP contribution is -2.48. The Kier molecular flexibility index (Phi) is 4.07. The fraction of sp³-hybridized carbons (Fsp3) is 0.500. The molecule has 128 valence electrons. The Labute approximate surface area is 139 Å². The van der Waals surface area contributed by atoms with E-state index in [2.05, 4.69) is 0 Å². The molecular formula is C18H21NO5. The van der Waals surface area contributed by atoms with E-state index in [0.29, 0.717) is 18.5 Å². The molecule has 6 heteroatoms. The Morgan fingerprint density at radius 1 is 1.29 bits per heavy atom. The monoisotopic (exact) mass is 331 g/mol. The molecule has 1 aliphatic heterocycles. The predicted octanol–water partition coefficient (Wildman–Crippen LogP) is 2.68. The number of carbonyl (C=O) groups is 3. The Morgan fingerprint density at radius 2 is 1.96 bits per heavy atom. The molecule has 2 aliphatic rings. The molecule has 0 saturated heterocycles. The smallest absolute Gasteiger partial charge is 0.306 e. The third kappa shape index (κ3) is 2.37. The van der Waals surface area contributed by atoms with Crippen molar-refractivity contribution in [2.75, 3.05) is 0 Å². The van der Waals surface area contributed by atoms with Gasteiger partial charge in [-0.1, -0.05) is 26.2 Å². The Morgan fingerprint density at radius 3 is 2.58 bits per heavy atom. The van der Waals surface area contributed by atoms with Crippen LogP contribution >= 0.6 is 0 Å². The topological polar surface area (TPSA) is 96.6 Å². The Hall–Kier alpha value is -2.37. The van der Waals surface area contributed by atoms with Crippen LogP contribution < -0.4 is 0 Å². The number of nitrogens with zero attached hydrogens (tertiary/aromatic N) is 1. The van der Waals surface area contributed by atoms with E-state index in [0.717, 1.165) is 19.3 Å². The highest BCUT2D eigenvalue weighted by Gasteiger charge is 2.49. The van der Waals surface area contributed by atoms with Crippen molar-refractivity contribution in [2.45, 2.75) is 51.0 Å². The Bertz CT molecular complexity index is 736. The van der Waals surface area contributed by atoms with Crippen molar-refractivity contribution >= 4 is 23.3 Å². The molecule has 0 radical (unpaired) electrons. The van der Waals surface area contributed by atoms with Gasteiger partial charge in [-0.05, 0) is 25.0 Å². The van der Waals surface area contributed by atoms with Crippen LogP contribution in [-0.4, -0.2) is 32.3 Å². The lowest BCUT2D eigenvalue weighted by Gasteiger charge is -2.41. The highest BCUT2D eigenvalue weighted by atomic mass is 16.4. The van der Waals surface area contributed by atoms with Crippen LogP contribution in [0.4, 0.5) is 0 Å². The zero-order valence-electron chi connectivity index (χ0n) is 13.6. The summed E-state index contributed by atoms with van der Waals surface area (Å²) in [6.07, 6.45) is 5.56. The van der Waals surface area contributed by atoms with Gasteiger partial charge in [0.2, 0.25) is 0 Å². The van der Waals surface area contributed by atoms with E-state index < -0.39 is 23.2 Å². The van der Waals surface area contributed by atoms with Gasteiger partial charge in [-0.15, -0.1) is 0 Å². The lowest BCUT2D eigenvalue weighted by molar-refractivity contribution is -0.143. The fourth-order valence-electron chi connectivity index (χ4n) is 3.86. The number of hydrogen-bond donors (Lipinski definition) is 2. The normalized spacial score (nSPS) is 20.8. The second kappa shape index (κ2) is 5.92. The minimum atomic E-state index is -1.09. The summed E-state index contributed by atoms with van der Waals surface area (Å²) in [6, 6.07) is 3.44. The van der Waals surface area contributed by atoms with Crippen LogP contribution in [0.5, 0.6) is 0 Å². The van der Waals surface area contributed by atoms with Crippen LogP contribution in [0.1, 0.15) is 51.1 Å². The van der Waals surface area contributed by atoms with E-state index in [4.69, 9.17) is 5.11 Å². The average molecular weight is 331 g/mol. The van der Waals surface area contributed by atoms with Crippen molar-refractivity contribution in [1.82, 2.24) is 4.57 Å². The van der Waals surface area contributed by atoms with Gasteiger partial charge in [-0.3, -0.25) is 14.4 Å². The molecule has 3 rings (SSSR count). The summed E-state index contributed by atoms with van der Waals surface area (Å²) >= 11 is 0. The predicted molar refractivity (Wildman–Crippen MR) is 86.5 cm³/mol. The number of Topliss-reactive ketones (excluding diaryl/α,β-unsaturated/α-hetero) is 2. The number of ketones is 2. The van der Waals surface area contributed by atoms with E-state index >= 15 is 0 Å². The van der Waals surface area contributed by atoms with E-state index in [1.807, 2.05) is 0 Å². The molecule has 2 N–H and O–H groups in total. The zero-order chi connectivity index (χ0) is 17.5. The Balaban J connectivity index is 2.06. The molecule has 0 amide bonds. The number of carboxylic acids is 1. The summed E-state index contributed by atoms with van der Waals surface area (Å²) < 4.78 is 1.79. The maximum Gasteiger partial charge on any atom is 0.306 e. The van der Waals surface area contributed by atoms with E-state index in [9.17, 15) is 19.5 Å². The van der Waals surface area contributed by atoms with E-state index in [1.165, 1.54) is 6.92 Å². The molecule has 1 aromatic heterocycles. The third-order valence-electron chi connectivity index (χ3n) is 5.21. The number of carboxylic acid groups (broad SMARTS) is 1. The van der Waals surface area contributed by atoms with Crippen molar-refractivity contribution in [3.05, 3.63) is 29.6 Å². The van der Waals surface area contributed by atoms with Gasteiger partial charge in [0, 0.05) is 12.6 Å². The number of allylic oxidation sites excluding steroid dienone is 1. The van der Waals surface area contributed by atoms with Crippen LogP contribution in [0.3, 0.4) is 0 Å². The average Bonchev–Trinajstić information content (AvgIpc) is 3.05. The van der Waals surface area contributed by atoms with Crippen LogP contribution in [0.2, 0.25) is 0 Å². The molecule has 1 fully saturated rings. The molecule has 1 aromatic rings. The van der Waals surface area contributed by atoms with Gasteiger partial charge < -0.3 is 14.8 Å². The van der Waals surface area contributed by atoms with Gasteiger partial charge in [-0.2, -0.15) is 0 Å².